The highest BCUT2D eigenvalue weighted by Gasteiger charge is 2.29. The van der Waals surface area contributed by atoms with Crippen LogP contribution in [-0.2, 0) is 11.3 Å². The van der Waals surface area contributed by atoms with Crippen LogP contribution in [0.2, 0.25) is 0 Å². The molecule has 0 unspecified atom stereocenters. The Balaban J connectivity index is 1.63. The Bertz CT molecular complexity index is 742. The van der Waals surface area contributed by atoms with Gasteiger partial charge in [-0.2, -0.15) is 0 Å². The second-order valence-corrected chi connectivity index (χ2v) is 6.73. The zero-order valence-electron chi connectivity index (χ0n) is 15.0. The summed E-state index contributed by atoms with van der Waals surface area (Å²) in [4.78, 5) is 20.5. The maximum atomic E-state index is 13.0. The number of hydrogen-bond acceptors (Lipinski definition) is 4. The summed E-state index contributed by atoms with van der Waals surface area (Å²) in [5.74, 6) is 1.61. The van der Waals surface area contributed by atoms with Crippen molar-refractivity contribution in [1.29, 1.82) is 0 Å². The Morgan fingerprint density at radius 2 is 2.08 bits per heavy atom. The summed E-state index contributed by atoms with van der Waals surface area (Å²) in [6.45, 7) is 7.02. The molecule has 1 atom stereocenters. The van der Waals surface area contributed by atoms with Crippen molar-refractivity contribution in [3.63, 3.8) is 0 Å². The van der Waals surface area contributed by atoms with Crippen LogP contribution < -0.4 is 0 Å². The lowest BCUT2D eigenvalue weighted by Gasteiger charge is -2.20. The molecule has 1 fully saturated rings. The van der Waals surface area contributed by atoms with Gasteiger partial charge in [-0.3, -0.25) is 4.79 Å². The van der Waals surface area contributed by atoms with Gasteiger partial charge in [0, 0.05) is 38.2 Å². The van der Waals surface area contributed by atoms with Gasteiger partial charge in [0.15, 0.2) is 0 Å². The van der Waals surface area contributed by atoms with Crippen LogP contribution in [0, 0.1) is 18.7 Å². The summed E-state index contributed by atoms with van der Waals surface area (Å²) >= 11 is 0. The van der Waals surface area contributed by atoms with Crippen molar-refractivity contribution in [3.8, 4) is 11.5 Å². The summed E-state index contributed by atoms with van der Waals surface area (Å²) in [5.41, 5.74) is 1.64. The molecule has 1 aromatic heterocycles. The van der Waals surface area contributed by atoms with Gasteiger partial charge in [-0.15, -0.1) is 0 Å². The van der Waals surface area contributed by atoms with Crippen molar-refractivity contribution in [1.82, 2.24) is 14.8 Å². The first-order chi connectivity index (χ1) is 12.0. The molecule has 1 aliphatic rings. The summed E-state index contributed by atoms with van der Waals surface area (Å²) in [6.07, 6.45) is 0.622. The summed E-state index contributed by atoms with van der Waals surface area (Å²) in [5, 5.41) is 0. The Kier molecular flexibility index (Phi) is 5.18. The van der Waals surface area contributed by atoms with E-state index in [-0.39, 0.29) is 11.7 Å². The van der Waals surface area contributed by atoms with E-state index in [4.69, 9.17) is 4.42 Å². The molecule has 0 saturated carbocycles. The lowest BCUT2D eigenvalue weighted by molar-refractivity contribution is -0.127. The molecule has 2 heterocycles. The van der Waals surface area contributed by atoms with Gasteiger partial charge in [-0.1, -0.05) is 0 Å². The fourth-order valence-electron chi connectivity index (χ4n) is 3.33. The smallest absolute Gasteiger partial charge is 0.226 e. The van der Waals surface area contributed by atoms with Crippen LogP contribution in [0.1, 0.15) is 24.8 Å². The zero-order valence-corrected chi connectivity index (χ0v) is 15.0. The highest BCUT2D eigenvalue weighted by Crippen LogP contribution is 2.24. The molecular formula is C19H24FN3O2. The van der Waals surface area contributed by atoms with Crippen molar-refractivity contribution < 1.29 is 13.6 Å². The number of likely N-dealkylation sites (tertiary alicyclic amines) is 1. The van der Waals surface area contributed by atoms with Crippen LogP contribution in [0.15, 0.2) is 28.7 Å². The number of carbonyl (C=O) groups excluding carboxylic acids is 1. The second kappa shape index (κ2) is 7.35. The quantitative estimate of drug-likeness (QED) is 0.807. The van der Waals surface area contributed by atoms with E-state index in [1.54, 1.807) is 12.1 Å². The van der Waals surface area contributed by atoms with Crippen molar-refractivity contribution >= 4 is 5.91 Å². The zero-order chi connectivity index (χ0) is 18.0. The number of amides is 1. The predicted octanol–water partition coefficient (Wildman–Crippen LogP) is 3.09. The number of nitrogens with zero attached hydrogens (tertiary/aromatic N) is 3. The van der Waals surface area contributed by atoms with Crippen molar-refractivity contribution in [3.05, 3.63) is 41.5 Å². The van der Waals surface area contributed by atoms with E-state index in [1.807, 2.05) is 25.8 Å². The number of halogens is 1. The largest absolute Gasteiger partial charge is 0.441 e. The number of oxazole rings is 1. The van der Waals surface area contributed by atoms with E-state index in [9.17, 15) is 9.18 Å². The molecule has 1 aliphatic heterocycles. The van der Waals surface area contributed by atoms with E-state index in [2.05, 4.69) is 9.88 Å². The van der Waals surface area contributed by atoms with Gasteiger partial charge in [0.1, 0.15) is 11.6 Å². The molecule has 5 nitrogen and oxygen atoms in total. The minimum atomic E-state index is -0.279. The monoisotopic (exact) mass is 345 g/mol. The molecule has 134 valence electrons. The first-order valence-electron chi connectivity index (χ1n) is 8.64. The van der Waals surface area contributed by atoms with Gasteiger partial charge < -0.3 is 14.2 Å². The molecule has 25 heavy (non-hydrogen) atoms. The number of hydrogen-bond donors (Lipinski definition) is 0. The number of carbonyl (C=O) groups is 1. The van der Waals surface area contributed by atoms with E-state index in [0.29, 0.717) is 24.8 Å². The minimum absolute atomic E-state index is 0.247. The third-order valence-electron chi connectivity index (χ3n) is 4.65. The Morgan fingerprint density at radius 1 is 1.36 bits per heavy atom. The van der Waals surface area contributed by atoms with Gasteiger partial charge in [0.05, 0.1) is 5.69 Å². The predicted molar refractivity (Wildman–Crippen MR) is 93.3 cm³/mol. The second-order valence-electron chi connectivity index (χ2n) is 6.73. The summed E-state index contributed by atoms with van der Waals surface area (Å²) in [7, 11) is 2.03. The van der Waals surface area contributed by atoms with Gasteiger partial charge in [0.25, 0.3) is 0 Å². The van der Waals surface area contributed by atoms with Crippen LogP contribution >= 0.6 is 0 Å². The lowest BCUT2D eigenvalue weighted by atomic mass is 10.1. The summed E-state index contributed by atoms with van der Waals surface area (Å²) < 4.78 is 18.8. The molecule has 1 saturated heterocycles. The molecule has 0 spiro atoms. The topological polar surface area (TPSA) is 49.6 Å². The standard InChI is InChI=1S/C19H24FN3O2/c1-4-23-11-14(9-18(23)24)10-22(3)12-17-13(2)25-19(21-17)15-5-7-16(20)8-6-15/h5-8,14H,4,9-12H2,1-3H3/t14-/m1/s1. The SMILES string of the molecule is CCN1C[C@@H](CN(C)Cc2nc(-c3ccc(F)cc3)oc2C)CC1=O. The van der Waals surface area contributed by atoms with Gasteiger partial charge in [0.2, 0.25) is 11.8 Å². The van der Waals surface area contributed by atoms with Crippen LogP contribution in [0.5, 0.6) is 0 Å². The number of rotatable bonds is 6. The molecule has 3 rings (SSSR count). The molecule has 0 radical (unpaired) electrons. The van der Waals surface area contributed by atoms with Crippen LogP contribution in [0.4, 0.5) is 4.39 Å². The highest BCUT2D eigenvalue weighted by molar-refractivity contribution is 5.78. The number of aryl methyl sites for hydroxylation is 1. The van der Waals surface area contributed by atoms with E-state index in [0.717, 1.165) is 36.7 Å². The van der Waals surface area contributed by atoms with Crippen molar-refractivity contribution in [2.24, 2.45) is 5.92 Å². The average Bonchev–Trinajstić information content (AvgIpc) is 3.10. The number of benzene rings is 1. The van der Waals surface area contributed by atoms with Gasteiger partial charge in [-0.25, -0.2) is 9.37 Å². The summed E-state index contributed by atoms with van der Waals surface area (Å²) in [6, 6.07) is 6.13. The first-order valence-corrected chi connectivity index (χ1v) is 8.64. The molecule has 0 bridgehead atoms. The van der Waals surface area contributed by atoms with Gasteiger partial charge >= 0.3 is 0 Å². The Morgan fingerprint density at radius 3 is 2.72 bits per heavy atom. The van der Waals surface area contributed by atoms with Gasteiger partial charge in [-0.05, 0) is 51.1 Å². The van der Waals surface area contributed by atoms with E-state index < -0.39 is 0 Å². The average molecular weight is 345 g/mol. The van der Waals surface area contributed by atoms with Crippen LogP contribution in [-0.4, -0.2) is 47.4 Å². The maximum absolute atomic E-state index is 13.0. The van der Waals surface area contributed by atoms with Crippen molar-refractivity contribution in [2.45, 2.75) is 26.8 Å². The molecule has 0 aliphatic carbocycles. The lowest BCUT2D eigenvalue weighted by Crippen LogP contribution is -2.28. The maximum Gasteiger partial charge on any atom is 0.226 e. The fraction of sp³-hybridized carbons (Fsp3) is 0.474. The normalized spacial score (nSPS) is 17.7. The fourth-order valence-corrected chi connectivity index (χ4v) is 3.33. The minimum Gasteiger partial charge on any atom is -0.441 e. The Hall–Kier alpha value is -2.21. The first kappa shape index (κ1) is 17.6. The Labute approximate surface area is 147 Å². The molecule has 6 heteroatoms. The molecule has 1 amide bonds. The molecule has 1 aromatic carbocycles. The van der Waals surface area contributed by atoms with Crippen LogP contribution in [0.3, 0.4) is 0 Å². The molecule has 2 aromatic rings. The highest BCUT2D eigenvalue weighted by atomic mass is 19.1. The van der Waals surface area contributed by atoms with Crippen molar-refractivity contribution in [2.75, 3.05) is 26.7 Å². The van der Waals surface area contributed by atoms with Crippen LogP contribution in [0.25, 0.3) is 11.5 Å². The van der Waals surface area contributed by atoms with E-state index in [1.165, 1.54) is 12.1 Å². The molecular weight excluding hydrogens is 321 g/mol. The number of aromatic nitrogens is 1. The molecule has 0 N–H and O–H groups in total. The third-order valence-corrected chi connectivity index (χ3v) is 4.65. The van der Waals surface area contributed by atoms with E-state index >= 15 is 0 Å². The third kappa shape index (κ3) is 4.07.